The van der Waals surface area contributed by atoms with Gasteiger partial charge in [-0.2, -0.15) is 0 Å². The number of nitrogens with one attached hydrogen (secondary N) is 2. The number of aliphatic carboxylic acids is 1. The molecule has 0 aromatic heterocycles. The molecular weight excluding hydrogens is 476 g/mol. The monoisotopic (exact) mass is 512 g/mol. The van der Waals surface area contributed by atoms with Crippen LogP contribution in [0, 0.1) is 5.92 Å². The van der Waals surface area contributed by atoms with Gasteiger partial charge in [0.25, 0.3) is 0 Å². The molecule has 7 atom stereocenters. The van der Waals surface area contributed by atoms with Gasteiger partial charge in [-0.25, -0.2) is 0 Å². The Hall–Kier alpha value is -2.94. The number of carboxylic acid groups (broad SMARTS) is 1. The minimum absolute atomic E-state index is 0.0352. The predicted octanol–water partition coefficient (Wildman–Crippen LogP) is -3.20. The number of hydrogen-bond donors (Lipinski definition) is 9. The zero-order chi connectivity index (χ0) is 27.6. The molecule has 2 unspecified atom stereocenters. The predicted molar refractivity (Wildman–Crippen MR) is 127 cm³/mol. The number of nitrogens with two attached hydrogens (primary N) is 2. The highest BCUT2D eigenvalue weighted by Gasteiger charge is 2.42. The zero-order valence-corrected chi connectivity index (χ0v) is 20.2. The minimum Gasteiger partial charge on any atom is -0.480 e. The highest BCUT2D eigenvalue weighted by Crippen LogP contribution is 2.25. The van der Waals surface area contributed by atoms with Crippen LogP contribution in [0.15, 0.2) is 30.3 Å². The Balaban J connectivity index is 3.08. The van der Waals surface area contributed by atoms with Crippen LogP contribution in [0.2, 0.25) is 0 Å². The lowest BCUT2D eigenvalue weighted by atomic mass is 9.83. The Morgan fingerprint density at radius 3 is 2.03 bits per heavy atom. The third kappa shape index (κ3) is 8.62. The Morgan fingerprint density at radius 1 is 0.972 bits per heavy atom. The molecule has 0 aliphatic carbocycles. The van der Waals surface area contributed by atoms with Gasteiger partial charge in [0.05, 0.1) is 19.2 Å². The fourth-order valence-corrected chi connectivity index (χ4v) is 3.63. The van der Waals surface area contributed by atoms with Gasteiger partial charge in [-0.05, 0) is 17.9 Å². The second kappa shape index (κ2) is 14.6. The summed E-state index contributed by atoms with van der Waals surface area (Å²) in [4.78, 5) is 48.7. The molecule has 0 saturated heterocycles. The van der Waals surface area contributed by atoms with E-state index in [0.29, 0.717) is 0 Å². The van der Waals surface area contributed by atoms with Crippen molar-refractivity contribution in [3.05, 3.63) is 35.9 Å². The Morgan fingerprint density at radius 2 is 1.56 bits per heavy atom. The summed E-state index contributed by atoms with van der Waals surface area (Å²) in [7, 11) is 0. The highest BCUT2D eigenvalue weighted by molar-refractivity contribution is 5.90. The van der Waals surface area contributed by atoms with Gasteiger partial charge >= 0.3 is 5.97 Å². The van der Waals surface area contributed by atoms with E-state index in [1.165, 1.54) is 24.3 Å². The molecule has 36 heavy (non-hydrogen) atoms. The lowest BCUT2D eigenvalue weighted by molar-refractivity contribution is -0.148. The SMILES string of the molecule is CC(C)C[C@H](NC(=O)CN)C(=O)N[C@@H](CO)[C@@H](O)[C@@H](O)C(=O)C(O)C(c1ccccc1)[C@H](N)C(=O)O. The number of ketones is 1. The van der Waals surface area contributed by atoms with Crippen molar-refractivity contribution >= 4 is 23.6 Å². The lowest BCUT2D eigenvalue weighted by Crippen LogP contribution is -2.59. The number of Topliss-reactive ketones (excluding diaryl/α,β-unsaturated/α-hetero) is 1. The third-order valence-corrected chi connectivity index (χ3v) is 5.58. The van der Waals surface area contributed by atoms with Crippen LogP contribution in [-0.4, -0.2) is 98.7 Å². The van der Waals surface area contributed by atoms with Crippen molar-refractivity contribution in [3.63, 3.8) is 0 Å². The van der Waals surface area contributed by atoms with Gasteiger partial charge < -0.3 is 47.6 Å². The van der Waals surface area contributed by atoms with Gasteiger partial charge in [-0.15, -0.1) is 0 Å². The number of hydrogen-bond acceptors (Lipinski definition) is 10. The van der Waals surface area contributed by atoms with Crippen molar-refractivity contribution < 1.29 is 44.7 Å². The van der Waals surface area contributed by atoms with Gasteiger partial charge in [-0.3, -0.25) is 19.2 Å². The molecule has 0 spiro atoms. The third-order valence-electron chi connectivity index (χ3n) is 5.58. The van der Waals surface area contributed by atoms with Crippen LogP contribution in [0.1, 0.15) is 31.7 Å². The van der Waals surface area contributed by atoms with Crippen LogP contribution in [-0.2, 0) is 19.2 Å². The quantitative estimate of drug-likeness (QED) is 0.113. The molecule has 13 heteroatoms. The first-order chi connectivity index (χ1) is 16.8. The second-order valence-corrected chi connectivity index (χ2v) is 8.83. The summed E-state index contributed by atoms with van der Waals surface area (Å²) in [6.07, 6.45) is -6.37. The molecule has 1 aromatic rings. The first-order valence-electron chi connectivity index (χ1n) is 11.4. The number of carbonyl (C=O) groups is 4. The number of benzene rings is 1. The van der Waals surface area contributed by atoms with E-state index >= 15 is 0 Å². The molecule has 2 amide bonds. The topological polar surface area (TPSA) is 246 Å². The molecule has 0 bridgehead atoms. The van der Waals surface area contributed by atoms with Crippen molar-refractivity contribution in [2.24, 2.45) is 17.4 Å². The summed E-state index contributed by atoms with van der Waals surface area (Å²) >= 11 is 0. The van der Waals surface area contributed by atoms with Crippen LogP contribution in [0.3, 0.4) is 0 Å². The van der Waals surface area contributed by atoms with Crippen LogP contribution in [0.4, 0.5) is 0 Å². The molecule has 0 aliphatic heterocycles. The maximum absolute atomic E-state index is 12.8. The van der Waals surface area contributed by atoms with Crippen LogP contribution >= 0.6 is 0 Å². The molecule has 0 aliphatic rings. The van der Waals surface area contributed by atoms with E-state index in [0.717, 1.165) is 0 Å². The van der Waals surface area contributed by atoms with Gasteiger partial charge in [0.2, 0.25) is 11.8 Å². The number of aliphatic hydroxyl groups is 4. The average Bonchev–Trinajstić information content (AvgIpc) is 2.85. The summed E-state index contributed by atoms with van der Waals surface area (Å²) in [5.74, 6) is -5.80. The summed E-state index contributed by atoms with van der Waals surface area (Å²) in [6.45, 7) is 2.30. The van der Waals surface area contributed by atoms with Gasteiger partial charge in [0, 0.05) is 5.92 Å². The molecule has 1 aromatic carbocycles. The molecule has 0 fully saturated rings. The molecule has 1 rings (SSSR count). The Kier molecular flexibility index (Phi) is 12.6. The number of carboxylic acids is 1. The molecule has 11 N–H and O–H groups in total. The summed E-state index contributed by atoms with van der Waals surface area (Å²) in [5, 5.41) is 55.3. The first kappa shape index (κ1) is 31.1. The van der Waals surface area contributed by atoms with Crippen molar-refractivity contribution in [1.29, 1.82) is 0 Å². The molecule has 0 heterocycles. The van der Waals surface area contributed by atoms with E-state index in [2.05, 4.69) is 10.6 Å². The van der Waals surface area contributed by atoms with E-state index < -0.39 is 72.5 Å². The van der Waals surface area contributed by atoms with E-state index in [4.69, 9.17) is 11.5 Å². The Bertz CT molecular complexity index is 884. The normalized spacial score (nSPS) is 17.2. The van der Waals surface area contributed by atoms with Gasteiger partial charge in [0.15, 0.2) is 5.78 Å². The van der Waals surface area contributed by atoms with E-state index in [1.807, 2.05) is 0 Å². The summed E-state index contributed by atoms with van der Waals surface area (Å²) < 4.78 is 0. The lowest BCUT2D eigenvalue weighted by Gasteiger charge is -2.31. The number of aliphatic hydroxyl groups excluding tert-OH is 4. The molecule has 202 valence electrons. The first-order valence-corrected chi connectivity index (χ1v) is 11.4. The largest absolute Gasteiger partial charge is 0.480 e. The smallest absolute Gasteiger partial charge is 0.321 e. The molecule has 0 radical (unpaired) electrons. The summed E-state index contributed by atoms with van der Waals surface area (Å²) in [6, 6.07) is 3.19. The van der Waals surface area contributed by atoms with Crippen LogP contribution in [0.5, 0.6) is 0 Å². The zero-order valence-electron chi connectivity index (χ0n) is 20.2. The van der Waals surface area contributed by atoms with E-state index in [1.54, 1.807) is 19.9 Å². The average molecular weight is 513 g/mol. The maximum Gasteiger partial charge on any atom is 0.321 e. The number of rotatable bonds is 15. The molecule has 13 nitrogen and oxygen atoms in total. The van der Waals surface area contributed by atoms with Crippen LogP contribution in [0.25, 0.3) is 0 Å². The molecular formula is C23H36N4O9. The van der Waals surface area contributed by atoms with Crippen LogP contribution < -0.4 is 22.1 Å². The van der Waals surface area contributed by atoms with Crippen molar-refractivity contribution in [2.45, 2.75) is 62.6 Å². The van der Waals surface area contributed by atoms with Gasteiger partial charge in [0.1, 0.15) is 30.4 Å². The van der Waals surface area contributed by atoms with Crippen molar-refractivity contribution in [2.75, 3.05) is 13.2 Å². The van der Waals surface area contributed by atoms with Gasteiger partial charge in [-0.1, -0.05) is 44.2 Å². The minimum atomic E-state index is -2.33. The highest BCUT2D eigenvalue weighted by atomic mass is 16.4. The second-order valence-electron chi connectivity index (χ2n) is 8.83. The fraction of sp³-hybridized carbons (Fsp3) is 0.565. The number of carbonyl (C=O) groups excluding carboxylic acids is 3. The van der Waals surface area contributed by atoms with E-state index in [-0.39, 0.29) is 24.4 Å². The van der Waals surface area contributed by atoms with Crippen molar-refractivity contribution in [1.82, 2.24) is 10.6 Å². The molecule has 0 saturated carbocycles. The maximum atomic E-state index is 12.8. The van der Waals surface area contributed by atoms with Crippen molar-refractivity contribution in [3.8, 4) is 0 Å². The number of amides is 2. The summed E-state index contributed by atoms with van der Waals surface area (Å²) in [5.41, 5.74) is 11.2. The Labute approximate surface area is 208 Å². The standard InChI is InChI=1S/C23H36N4O9/c1-11(2)8-13(26-15(29)9-24)22(34)27-14(10-28)18(30)20(32)21(33)19(31)16(17(25)23(35)36)12-6-4-3-5-7-12/h3-7,11,13-14,16-20,28,30-32H,8-10,24-25H2,1-2H3,(H,26,29)(H,27,34)(H,35,36)/t13-,14-,16?,17-,18+,19?,20+/m0/s1. The van der Waals surface area contributed by atoms with E-state index in [9.17, 15) is 44.7 Å². The fourth-order valence-electron chi connectivity index (χ4n) is 3.63.